The van der Waals surface area contributed by atoms with E-state index in [2.05, 4.69) is 32.6 Å². The van der Waals surface area contributed by atoms with Crippen LogP contribution in [-0.2, 0) is 24.3 Å². The van der Waals surface area contributed by atoms with Crippen molar-refractivity contribution in [2.45, 2.75) is 105 Å². The summed E-state index contributed by atoms with van der Waals surface area (Å²) < 4.78 is 38.0. The van der Waals surface area contributed by atoms with Crippen molar-refractivity contribution in [3.8, 4) is 0 Å². The van der Waals surface area contributed by atoms with Crippen LogP contribution in [0.2, 0.25) is 0 Å². The number of guanidine groups is 1. The lowest BCUT2D eigenvalue weighted by Gasteiger charge is -2.22. The Hall–Kier alpha value is -3.68. The van der Waals surface area contributed by atoms with Crippen molar-refractivity contribution in [1.82, 2.24) is 16.0 Å². The van der Waals surface area contributed by atoms with Gasteiger partial charge in [-0.2, -0.15) is 0 Å². The normalized spacial score (nSPS) is 11.6. The minimum Gasteiger partial charge on any atom is -0.444 e. The number of hydrogen-bond donors (Lipinski definition) is 4. The summed E-state index contributed by atoms with van der Waals surface area (Å²) in [4.78, 5) is 54.0. The van der Waals surface area contributed by atoms with Crippen molar-refractivity contribution >= 4 is 45.5 Å². The summed E-state index contributed by atoms with van der Waals surface area (Å²) in [5, 5.41) is 7.20. The Morgan fingerprint density at radius 2 is 1.34 bits per heavy atom. The first-order valence-electron chi connectivity index (χ1n) is 14.9. The summed E-state index contributed by atoms with van der Waals surface area (Å²) in [6.45, 7) is 12.3. The number of carbonyl (C=O) groups excluding carboxylic acids is 4. The Morgan fingerprint density at radius 1 is 0.795 bits per heavy atom. The Bertz CT molecular complexity index is 1220. The van der Waals surface area contributed by atoms with Gasteiger partial charge in [-0.25, -0.2) is 18.0 Å². The summed E-state index contributed by atoms with van der Waals surface area (Å²) in [5.41, 5.74) is -1.61. The van der Waals surface area contributed by atoms with Gasteiger partial charge in [0.05, 0.1) is 17.0 Å². The third-order valence-electron chi connectivity index (χ3n) is 5.54. The Morgan fingerprint density at radius 3 is 1.91 bits per heavy atom. The van der Waals surface area contributed by atoms with Crippen molar-refractivity contribution in [3.05, 3.63) is 29.8 Å². The summed E-state index contributed by atoms with van der Waals surface area (Å²) in [5.74, 6) is -2.11. The highest BCUT2D eigenvalue weighted by atomic mass is 32.2. The maximum Gasteiger partial charge on any atom is 0.414 e. The fourth-order valence-electron chi connectivity index (χ4n) is 3.65. The van der Waals surface area contributed by atoms with Gasteiger partial charge < -0.3 is 14.8 Å². The van der Waals surface area contributed by atoms with Crippen LogP contribution in [0.3, 0.4) is 0 Å². The number of carbonyl (C=O) groups is 4. The topological polar surface area (TPSA) is 181 Å². The molecule has 4 N–H and O–H groups in total. The van der Waals surface area contributed by atoms with Gasteiger partial charge in [-0.15, -0.1) is 0 Å². The van der Waals surface area contributed by atoms with Crippen LogP contribution in [-0.4, -0.2) is 68.3 Å². The Labute approximate surface area is 261 Å². The van der Waals surface area contributed by atoms with Crippen LogP contribution in [0.1, 0.15) is 104 Å². The SMILES string of the molecule is CCCCCCCCS(=O)(=O)Nc1ccccc1C(=O)C(=O)NCCCN=C(NC(=O)OC(C)(C)C)NC(=O)OC(C)(C)C. The molecule has 0 heterocycles. The van der Waals surface area contributed by atoms with E-state index in [-0.39, 0.29) is 42.5 Å². The first-order chi connectivity index (χ1) is 20.4. The maximum atomic E-state index is 12.9. The predicted molar refractivity (Wildman–Crippen MR) is 170 cm³/mol. The minimum atomic E-state index is -3.71. The molecule has 0 aliphatic carbocycles. The molecule has 0 spiro atoms. The zero-order valence-electron chi connectivity index (χ0n) is 27.0. The lowest BCUT2D eigenvalue weighted by atomic mass is 10.1. The van der Waals surface area contributed by atoms with Gasteiger partial charge in [0, 0.05) is 13.1 Å². The molecule has 0 aliphatic rings. The number of unbranched alkanes of at least 4 members (excludes halogenated alkanes) is 5. The first kappa shape index (κ1) is 38.3. The molecule has 0 bridgehead atoms. The summed E-state index contributed by atoms with van der Waals surface area (Å²) in [7, 11) is -3.71. The van der Waals surface area contributed by atoms with E-state index in [4.69, 9.17) is 9.47 Å². The molecule has 44 heavy (non-hydrogen) atoms. The summed E-state index contributed by atoms with van der Waals surface area (Å²) >= 11 is 0. The van der Waals surface area contributed by atoms with Gasteiger partial charge >= 0.3 is 12.2 Å². The van der Waals surface area contributed by atoms with Crippen LogP contribution in [0.5, 0.6) is 0 Å². The van der Waals surface area contributed by atoms with Crippen molar-refractivity contribution in [2.24, 2.45) is 4.99 Å². The number of aliphatic imine (C=N–C) groups is 1. The first-order valence-corrected chi connectivity index (χ1v) is 16.5. The molecule has 0 aliphatic heterocycles. The number of sulfonamides is 1. The van der Waals surface area contributed by atoms with Gasteiger partial charge in [0.2, 0.25) is 16.0 Å². The molecule has 3 amide bonds. The molecule has 0 fully saturated rings. The molecular formula is C30H49N5O8S. The van der Waals surface area contributed by atoms with Crippen molar-refractivity contribution in [2.75, 3.05) is 23.6 Å². The predicted octanol–water partition coefficient (Wildman–Crippen LogP) is 4.88. The van der Waals surface area contributed by atoms with Gasteiger partial charge in [-0.1, -0.05) is 51.2 Å². The number of hydrogen-bond acceptors (Lipinski definition) is 9. The largest absolute Gasteiger partial charge is 0.444 e. The number of alkyl carbamates (subject to hydrolysis) is 2. The van der Waals surface area contributed by atoms with Gasteiger partial charge in [-0.3, -0.25) is 29.9 Å². The third-order valence-corrected chi connectivity index (χ3v) is 6.90. The van der Waals surface area contributed by atoms with Crippen LogP contribution in [0.15, 0.2) is 29.3 Å². The molecule has 0 aromatic heterocycles. The molecule has 248 valence electrons. The molecule has 0 saturated carbocycles. The van der Waals surface area contributed by atoms with Crippen LogP contribution in [0.4, 0.5) is 15.3 Å². The van der Waals surface area contributed by atoms with Gasteiger partial charge in [0.15, 0.2) is 0 Å². The zero-order chi connectivity index (χ0) is 33.4. The number of Topliss-reactive ketones (excluding diaryl/α,β-unsaturated/α-hetero) is 1. The standard InChI is InChI=1S/C30H49N5O8S/c1-8-9-10-11-12-15-21-44(40,41)35-23-18-14-13-17-22(23)24(36)25(37)31-19-16-20-32-26(33-27(38)42-29(2,3)4)34-28(39)43-30(5,6)7/h13-14,17-18,35H,8-12,15-16,19-21H2,1-7H3,(H,31,37)(H2,32,33,34,38,39). The molecule has 1 aromatic carbocycles. The number of ether oxygens (including phenoxy) is 2. The Kier molecular flexibility index (Phi) is 15.9. The molecule has 0 radical (unpaired) electrons. The number of ketones is 1. The van der Waals surface area contributed by atoms with E-state index in [0.717, 1.165) is 32.1 Å². The van der Waals surface area contributed by atoms with E-state index < -0.39 is 45.1 Å². The second-order valence-electron chi connectivity index (χ2n) is 12.2. The molecule has 0 saturated heterocycles. The molecule has 0 unspecified atom stereocenters. The number of nitrogens with one attached hydrogen (secondary N) is 4. The number of nitrogens with zero attached hydrogens (tertiary/aromatic N) is 1. The second kappa shape index (κ2) is 18.2. The van der Waals surface area contributed by atoms with Crippen molar-refractivity contribution < 1.29 is 37.1 Å². The molecule has 13 nitrogen and oxygen atoms in total. The highest BCUT2D eigenvalue weighted by Gasteiger charge is 2.23. The Balaban J connectivity index is 2.74. The van der Waals surface area contributed by atoms with E-state index in [1.54, 1.807) is 47.6 Å². The van der Waals surface area contributed by atoms with E-state index in [1.165, 1.54) is 18.2 Å². The molecule has 1 aromatic rings. The van der Waals surface area contributed by atoms with Gasteiger partial charge in [0.1, 0.15) is 11.2 Å². The summed E-state index contributed by atoms with van der Waals surface area (Å²) in [6.07, 6.45) is 4.10. The van der Waals surface area contributed by atoms with Crippen LogP contribution in [0, 0.1) is 0 Å². The molecule has 1 rings (SSSR count). The highest BCUT2D eigenvalue weighted by molar-refractivity contribution is 7.92. The van der Waals surface area contributed by atoms with Gasteiger partial charge in [-0.05, 0) is 66.5 Å². The van der Waals surface area contributed by atoms with E-state index in [9.17, 15) is 27.6 Å². The fraction of sp³-hybridized carbons (Fsp3) is 0.633. The summed E-state index contributed by atoms with van der Waals surface area (Å²) in [6, 6.07) is 5.93. The molecule has 0 atom stereocenters. The number of benzene rings is 1. The third kappa shape index (κ3) is 17.4. The molecule has 14 heteroatoms. The zero-order valence-corrected chi connectivity index (χ0v) is 27.8. The van der Waals surface area contributed by atoms with E-state index in [0.29, 0.717) is 6.42 Å². The maximum absolute atomic E-state index is 12.9. The fourth-order valence-corrected chi connectivity index (χ4v) is 4.85. The average Bonchev–Trinajstić information content (AvgIpc) is 2.87. The lowest BCUT2D eigenvalue weighted by molar-refractivity contribution is -0.117. The van der Waals surface area contributed by atoms with Crippen LogP contribution in [0.25, 0.3) is 0 Å². The van der Waals surface area contributed by atoms with E-state index >= 15 is 0 Å². The number of para-hydroxylation sites is 1. The lowest BCUT2D eigenvalue weighted by Crippen LogP contribution is -2.47. The number of amides is 3. The van der Waals surface area contributed by atoms with Crippen LogP contribution >= 0.6 is 0 Å². The van der Waals surface area contributed by atoms with Crippen molar-refractivity contribution in [3.63, 3.8) is 0 Å². The second-order valence-corrected chi connectivity index (χ2v) is 14.0. The highest BCUT2D eigenvalue weighted by Crippen LogP contribution is 2.18. The van der Waals surface area contributed by atoms with Gasteiger partial charge in [0.25, 0.3) is 11.7 Å². The smallest absolute Gasteiger partial charge is 0.414 e. The monoisotopic (exact) mass is 639 g/mol. The average molecular weight is 640 g/mol. The molecular weight excluding hydrogens is 590 g/mol. The quantitative estimate of drug-likeness (QED) is 0.0688. The number of rotatable bonds is 15. The van der Waals surface area contributed by atoms with Crippen LogP contribution < -0.4 is 20.7 Å². The number of anilines is 1. The minimum absolute atomic E-state index is 0.0339. The van der Waals surface area contributed by atoms with Crippen molar-refractivity contribution in [1.29, 1.82) is 0 Å². The van der Waals surface area contributed by atoms with E-state index in [1.807, 2.05) is 0 Å².